The van der Waals surface area contributed by atoms with Gasteiger partial charge in [-0.25, -0.2) is 4.79 Å². The first kappa shape index (κ1) is 9.94. The van der Waals surface area contributed by atoms with Gasteiger partial charge in [0.2, 0.25) is 0 Å². The molecule has 2 N–H and O–H groups in total. The zero-order chi connectivity index (χ0) is 8.69. The maximum absolute atomic E-state index is 10.7. The Morgan fingerprint density at radius 1 is 1.64 bits per heavy atom. The third kappa shape index (κ3) is 6.83. The van der Waals surface area contributed by atoms with Crippen LogP contribution in [0.1, 0.15) is 33.1 Å². The number of nitrogens with two attached hydrogens (primary N) is 1. The Labute approximate surface area is 66.4 Å². The number of nitrogens with zero attached hydrogens (tertiary/aromatic N) is 1. The van der Waals surface area contributed by atoms with Gasteiger partial charge in [-0.2, -0.15) is 0 Å². The largest absolute Gasteiger partial charge is 0.385 e. The summed E-state index contributed by atoms with van der Waals surface area (Å²) in [6.45, 7) is 3.57. The first-order chi connectivity index (χ1) is 5.16. The number of carbonyl (C=O) groups excluding carboxylic acids is 1. The van der Waals surface area contributed by atoms with Crippen LogP contribution in [0.3, 0.4) is 0 Å². The summed E-state index contributed by atoms with van der Waals surface area (Å²) in [5.41, 5.74) is 5.14. The summed E-state index contributed by atoms with van der Waals surface area (Å²) >= 11 is 0. The summed E-state index contributed by atoms with van der Waals surface area (Å²) in [5.74, 6) is -0.0634. The Hall–Kier alpha value is -1.06. The van der Waals surface area contributed by atoms with Gasteiger partial charge in [-0.15, -0.1) is 0 Å². The molecule has 0 saturated carbocycles. The predicted molar refractivity (Wildman–Crippen MR) is 42.9 cm³/mol. The topological polar surface area (TPSA) is 64.7 Å². The maximum atomic E-state index is 10.7. The predicted octanol–water partition coefficient (Wildman–Crippen LogP) is 1.01. The lowest BCUT2D eigenvalue weighted by Gasteiger charge is -1.95. The molecule has 4 heteroatoms. The average molecular weight is 158 g/mol. The molecule has 0 bridgehead atoms. The number of amidine groups is 1. The number of hydrogen-bond acceptors (Lipinski definition) is 3. The molecular weight excluding hydrogens is 144 g/mol. The van der Waals surface area contributed by atoms with Crippen molar-refractivity contribution in [1.82, 2.24) is 0 Å². The average Bonchev–Trinajstić information content (AvgIpc) is 1.97. The summed E-state index contributed by atoms with van der Waals surface area (Å²) in [6, 6.07) is 0. The van der Waals surface area contributed by atoms with E-state index in [0.717, 1.165) is 12.8 Å². The fourth-order valence-electron chi connectivity index (χ4n) is 0.490. The van der Waals surface area contributed by atoms with Crippen molar-refractivity contribution in [2.45, 2.75) is 33.1 Å². The highest BCUT2D eigenvalue weighted by Crippen LogP contribution is 1.96. The molecular formula is C7H14N2O2. The van der Waals surface area contributed by atoms with Crippen LogP contribution in [0.15, 0.2) is 5.16 Å². The third-order valence-electron chi connectivity index (χ3n) is 1.03. The van der Waals surface area contributed by atoms with E-state index in [1.54, 1.807) is 6.92 Å². The van der Waals surface area contributed by atoms with E-state index in [1.165, 1.54) is 0 Å². The normalized spacial score (nSPS) is 11.3. The number of oxime groups is 1. The highest BCUT2D eigenvalue weighted by Gasteiger charge is 1.99. The lowest BCUT2D eigenvalue weighted by atomic mass is 10.3. The molecule has 0 aliphatic heterocycles. The van der Waals surface area contributed by atoms with Crippen molar-refractivity contribution in [1.29, 1.82) is 0 Å². The minimum Gasteiger partial charge on any atom is -0.385 e. The van der Waals surface area contributed by atoms with Crippen molar-refractivity contribution in [3.05, 3.63) is 0 Å². The molecule has 64 valence electrons. The van der Waals surface area contributed by atoms with E-state index in [4.69, 9.17) is 5.73 Å². The highest BCUT2D eigenvalue weighted by molar-refractivity contribution is 5.78. The van der Waals surface area contributed by atoms with E-state index in [0.29, 0.717) is 6.42 Å². The van der Waals surface area contributed by atoms with Gasteiger partial charge in [-0.3, -0.25) is 0 Å². The Balaban J connectivity index is 3.45. The second-order valence-electron chi connectivity index (χ2n) is 2.30. The molecule has 0 fully saturated rings. The molecule has 0 radical (unpaired) electrons. The molecule has 0 heterocycles. The van der Waals surface area contributed by atoms with E-state index in [2.05, 4.69) is 9.99 Å². The summed E-state index contributed by atoms with van der Waals surface area (Å²) in [4.78, 5) is 15.2. The monoisotopic (exact) mass is 158 g/mol. The van der Waals surface area contributed by atoms with E-state index in [1.807, 2.05) is 6.92 Å². The van der Waals surface area contributed by atoms with Crippen molar-refractivity contribution in [3.63, 3.8) is 0 Å². The Morgan fingerprint density at radius 2 is 2.27 bits per heavy atom. The van der Waals surface area contributed by atoms with E-state index in [-0.39, 0.29) is 11.8 Å². The Bertz CT molecular complexity index is 151. The Kier molecular flexibility index (Phi) is 5.15. The SMILES string of the molecule is CCCCC(=O)O/N=C(/C)N. The van der Waals surface area contributed by atoms with Gasteiger partial charge in [-0.1, -0.05) is 18.5 Å². The summed E-state index contributed by atoms with van der Waals surface area (Å²) in [5, 5.41) is 3.32. The maximum Gasteiger partial charge on any atom is 0.335 e. The fraction of sp³-hybridized carbons (Fsp3) is 0.714. The van der Waals surface area contributed by atoms with Gasteiger partial charge >= 0.3 is 5.97 Å². The Morgan fingerprint density at radius 3 is 2.73 bits per heavy atom. The van der Waals surface area contributed by atoms with E-state index >= 15 is 0 Å². The van der Waals surface area contributed by atoms with Gasteiger partial charge in [0, 0.05) is 6.42 Å². The molecule has 11 heavy (non-hydrogen) atoms. The minimum absolute atomic E-state index is 0.259. The van der Waals surface area contributed by atoms with Crippen LogP contribution in [0, 0.1) is 0 Å². The molecule has 0 spiro atoms. The molecule has 0 rings (SSSR count). The first-order valence-electron chi connectivity index (χ1n) is 3.66. The van der Waals surface area contributed by atoms with Crippen molar-refractivity contribution < 1.29 is 9.63 Å². The van der Waals surface area contributed by atoms with Crippen molar-refractivity contribution in [3.8, 4) is 0 Å². The lowest BCUT2D eigenvalue weighted by Crippen LogP contribution is -2.08. The van der Waals surface area contributed by atoms with Gasteiger partial charge in [-0.05, 0) is 13.3 Å². The van der Waals surface area contributed by atoms with Crippen LogP contribution < -0.4 is 5.73 Å². The molecule has 0 atom stereocenters. The smallest absolute Gasteiger partial charge is 0.335 e. The number of carbonyl (C=O) groups is 1. The molecule has 0 amide bonds. The first-order valence-corrected chi connectivity index (χ1v) is 3.66. The number of hydrogen-bond donors (Lipinski definition) is 1. The second kappa shape index (κ2) is 5.70. The van der Waals surface area contributed by atoms with Crippen LogP contribution in [0.5, 0.6) is 0 Å². The molecule has 0 aromatic rings. The van der Waals surface area contributed by atoms with Crippen molar-refractivity contribution >= 4 is 11.8 Å². The van der Waals surface area contributed by atoms with Crippen LogP contribution >= 0.6 is 0 Å². The zero-order valence-corrected chi connectivity index (χ0v) is 6.96. The molecule has 0 aromatic carbocycles. The van der Waals surface area contributed by atoms with Gasteiger partial charge in [0.05, 0.1) is 0 Å². The van der Waals surface area contributed by atoms with Gasteiger partial charge in [0.1, 0.15) is 5.84 Å². The van der Waals surface area contributed by atoms with Gasteiger partial charge < -0.3 is 10.6 Å². The minimum atomic E-state index is -0.323. The van der Waals surface area contributed by atoms with Crippen LogP contribution in [0.4, 0.5) is 0 Å². The van der Waals surface area contributed by atoms with Crippen molar-refractivity contribution in [2.24, 2.45) is 10.9 Å². The number of unbranched alkanes of at least 4 members (excludes halogenated alkanes) is 1. The van der Waals surface area contributed by atoms with Crippen molar-refractivity contribution in [2.75, 3.05) is 0 Å². The molecule has 0 unspecified atom stereocenters. The highest BCUT2D eigenvalue weighted by atomic mass is 16.7. The summed E-state index contributed by atoms with van der Waals surface area (Å²) in [6.07, 6.45) is 2.21. The van der Waals surface area contributed by atoms with Gasteiger partial charge in [0.25, 0.3) is 0 Å². The van der Waals surface area contributed by atoms with Crippen LogP contribution in [-0.2, 0) is 9.63 Å². The van der Waals surface area contributed by atoms with Crippen LogP contribution in [-0.4, -0.2) is 11.8 Å². The second-order valence-corrected chi connectivity index (χ2v) is 2.30. The van der Waals surface area contributed by atoms with E-state index < -0.39 is 0 Å². The van der Waals surface area contributed by atoms with Crippen LogP contribution in [0.2, 0.25) is 0 Å². The lowest BCUT2D eigenvalue weighted by molar-refractivity contribution is -0.143. The molecule has 0 saturated heterocycles. The third-order valence-corrected chi connectivity index (χ3v) is 1.03. The molecule has 0 aliphatic rings. The standard InChI is InChI=1S/C7H14N2O2/c1-3-4-5-7(10)11-9-6(2)8/h3-5H2,1-2H3,(H2,8,9). The zero-order valence-electron chi connectivity index (χ0n) is 6.96. The summed E-state index contributed by atoms with van der Waals surface area (Å²) < 4.78 is 0. The fourth-order valence-corrected chi connectivity index (χ4v) is 0.490. The van der Waals surface area contributed by atoms with Crippen LogP contribution in [0.25, 0.3) is 0 Å². The van der Waals surface area contributed by atoms with Gasteiger partial charge in [0.15, 0.2) is 0 Å². The molecule has 4 nitrogen and oxygen atoms in total. The number of rotatable bonds is 4. The quantitative estimate of drug-likeness (QED) is 0.287. The summed E-state index contributed by atoms with van der Waals surface area (Å²) in [7, 11) is 0. The molecule has 0 aromatic heterocycles. The van der Waals surface area contributed by atoms with E-state index in [9.17, 15) is 4.79 Å². The molecule has 0 aliphatic carbocycles.